The Morgan fingerprint density at radius 3 is 2.06 bits per heavy atom. The third-order valence-corrected chi connectivity index (χ3v) is 1.50. The molecule has 0 aliphatic heterocycles. The molecular formula is C11H21FN2O3. The monoisotopic (exact) mass is 248 g/mol. The number of carbonyl (C=O) groups excluding carboxylic acids is 2. The lowest BCUT2D eigenvalue weighted by Gasteiger charge is -2.20. The summed E-state index contributed by atoms with van der Waals surface area (Å²) in [6.07, 6.45) is -0.674. The highest BCUT2D eigenvalue weighted by Crippen LogP contribution is 2.06. The lowest BCUT2D eigenvalue weighted by molar-refractivity contribution is -0.120. The summed E-state index contributed by atoms with van der Waals surface area (Å²) in [5.74, 6) is -0.457. The molecule has 100 valence electrons. The van der Waals surface area contributed by atoms with Crippen LogP contribution in [0.25, 0.3) is 0 Å². The van der Waals surface area contributed by atoms with E-state index in [4.69, 9.17) is 4.74 Å². The van der Waals surface area contributed by atoms with Crippen molar-refractivity contribution >= 4 is 12.0 Å². The second-order valence-electron chi connectivity index (χ2n) is 5.35. The first-order valence-electron chi connectivity index (χ1n) is 5.42. The molecule has 0 aromatic carbocycles. The molecule has 0 fully saturated rings. The van der Waals surface area contributed by atoms with Gasteiger partial charge in [0, 0.05) is 0 Å². The molecule has 5 nitrogen and oxygen atoms in total. The fraction of sp³-hybridized carbons (Fsp3) is 0.818. The van der Waals surface area contributed by atoms with Gasteiger partial charge in [0.25, 0.3) is 0 Å². The first kappa shape index (κ1) is 15.7. The Morgan fingerprint density at radius 2 is 1.65 bits per heavy atom. The summed E-state index contributed by atoms with van der Waals surface area (Å²) in [5, 5.41) is 4.64. The van der Waals surface area contributed by atoms with Crippen LogP contribution in [0.2, 0.25) is 0 Å². The van der Waals surface area contributed by atoms with Gasteiger partial charge in [-0.25, -0.2) is 9.18 Å². The van der Waals surface area contributed by atoms with Crippen molar-refractivity contribution in [2.75, 3.05) is 13.1 Å². The lowest BCUT2D eigenvalue weighted by Crippen LogP contribution is -2.42. The minimum atomic E-state index is -1.47. The fourth-order valence-electron chi connectivity index (χ4n) is 0.838. The van der Waals surface area contributed by atoms with Gasteiger partial charge in [0.1, 0.15) is 11.3 Å². The van der Waals surface area contributed by atoms with Gasteiger partial charge in [0.15, 0.2) is 0 Å². The maximum atomic E-state index is 13.0. The van der Waals surface area contributed by atoms with Gasteiger partial charge in [0.05, 0.1) is 13.1 Å². The number of hydrogen-bond donors (Lipinski definition) is 2. The summed E-state index contributed by atoms with van der Waals surface area (Å²) in [6, 6.07) is 0. The lowest BCUT2D eigenvalue weighted by atomic mass is 10.2. The van der Waals surface area contributed by atoms with Crippen molar-refractivity contribution in [1.82, 2.24) is 10.6 Å². The number of ether oxygens (including phenoxy) is 1. The van der Waals surface area contributed by atoms with E-state index in [1.165, 1.54) is 13.8 Å². The molecule has 0 saturated carbocycles. The molecule has 6 heteroatoms. The zero-order chi connectivity index (χ0) is 13.7. The third kappa shape index (κ3) is 10.9. The van der Waals surface area contributed by atoms with Gasteiger partial charge in [-0.2, -0.15) is 0 Å². The first-order chi connectivity index (χ1) is 7.49. The second kappa shape index (κ2) is 5.84. The summed E-state index contributed by atoms with van der Waals surface area (Å²) in [4.78, 5) is 22.4. The van der Waals surface area contributed by atoms with E-state index in [-0.39, 0.29) is 13.1 Å². The van der Waals surface area contributed by atoms with E-state index >= 15 is 0 Å². The minimum Gasteiger partial charge on any atom is -0.444 e. The van der Waals surface area contributed by atoms with Crippen LogP contribution in [0.5, 0.6) is 0 Å². The van der Waals surface area contributed by atoms with Crippen LogP contribution in [0.3, 0.4) is 0 Å². The molecule has 0 spiro atoms. The van der Waals surface area contributed by atoms with Gasteiger partial charge in [-0.05, 0) is 34.6 Å². The van der Waals surface area contributed by atoms with E-state index in [0.717, 1.165) is 0 Å². The zero-order valence-corrected chi connectivity index (χ0v) is 11.0. The summed E-state index contributed by atoms with van der Waals surface area (Å²) >= 11 is 0. The molecular weight excluding hydrogens is 227 g/mol. The van der Waals surface area contributed by atoms with E-state index in [2.05, 4.69) is 10.6 Å². The molecule has 0 heterocycles. The van der Waals surface area contributed by atoms with Gasteiger partial charge < -0.3 is 15.4 Å². The van der Waals surface area contributed by atoms with E-state index in [1.54, 1.807) is 20.8 Å². The maximum Gasteiger partial charge on any atom is 0.408 e. The second-order valence-corrected chi connectivity index (χ2v) is 5.35. The van der Waals surface area contributed by atoms with Gasteiger partial charge in [-0.1, -0.05) is 0 Å². The molecule has 17 heavy (non-hydrogen) atoms. The normalized spacial score (nSPS) is 11.9. The van der Waals surface area contributed by atoms with Crippen LogP contribution in [-0.4, -0.2) is 36.4 Å². The summed E-state index contributed by atoms with van der Waals surface area (Å²) in [6.45, 7) is 7.55. The van der Waals surface area contributed by atoms with Crippen molar-refractivity contribution in [2.24, 2.45) is 0 Å². The molecule has 0 unspecified atom stereocenters. The Bertz CT molecular complexity index is 279. The highest BCUT2D eigenvalue weighted by Gasteiger charge is 2.18. The van der Waals surface area contributed by atoms with Crippen molar-refractivity contribution in [1.29, 1.82) is 0 Å². The number of hydrogen-bond acceptors (Lipinski definition) is 3. The van der Waals surface area contributed by atoms with Gasteiger partial charge in [0.2, 0.25) is 5.91 Å². The molecule has 2 amide bonds. The summed E-state index contributed by atoms with van der Waals surface area (Å²) in [5.41, 5.74) is -2.08. The van der Waals surface area contributed by atoms with Crippen LogP contribution in [0.1, 0.15) is 34.6 Å². The first-order valence-corrected chi connectivity index (χ1v) is 5.42. The molecule has 0 rings (SSSR count). The summed E-state index contributed by atoms with van der Waals surface area (Å²) < 4.78 is 18.0. The highest BCUT2D eigenvalue weighted by atomic mass is 19.1. The van der Waals surface area contributed by atoms with Crippen LogP contribution >= 0.6 is 0 Å². The van der Waals surface area contributed by atoms with Crippen molar-refractivity contribution in [2.45, 2.75) is 45.9 Å². The van der Waals surface area contributed by atoms with E-state index in [1.807, 2.05) is 0 Å². The Labute approximate surface area is 101 Å². The average molecular weight is 248 g/mol. The van der Waals surface area contributed by atoms with Crippen molar-refractivity contribution in [3.05, 3.63) is 0 Å². The zero-order valence-electron chi connectivity index (χ0n) is 11.0. The van der Waals surface area contributed by atoms with Crippen LogP contribution in [0, 0.1) is 0 Å². The Balaban J connectivity index is 3.82. The fourth-order valence-corrected chi connectivity index (χ4v) is 0.838. The molecule has 0 aromatic rings. The Morgan fingerprint density at radius 1 is 1.12 bits per heavy atom. The van der Waals surface area contributed by atoms with Crippen LogP contribution in [0.4, 0.5) is 9.18 Å². The van der Waals surface area contributed by atoms with Gasteiger partial charge in [-0.3, -0.25) is 4.79 Å². The molecule has 0 aromatic heterocycles. The van der Waals surface area contributed by atoms with Crippen molar-refractivity contribution < 1.29 is 18.7 Å². The SMILES string of the molecule is CC(C)(F)CNC(=O)CNC(=O)OC(C)(C)C. The van der Waals surface area contributed by atoms with Crippen LogP contribution in [-0.2, 0) is 9.53 Å². The highest BCUT2D eigenvalue weighted by molar-refractivity contribution is 5.82. The number of alkyl halides is 1. The van der Waals surface area contributed by atoms with E-state index in [9.17, 15) is 14.0 Å². The predicted octanol–water partition coefficient (Wildman–Crippen LogP) is 1.38. The predicted molar refractivity (Wildman–Crippen MR) is 62.4 cm³/mol. The Kier molecular flexibility index (Phi) is 5.38. The van der Waals surface area contributed by atoms with Gasteiger partial charge >= 0.3 is 6.09 Å². The molecule has 0 aliphatic rings. The minimum absolute atomic E-state index is 0.0954. The largest absolute Gasteiger partial charge is 0.444 e. The Hall–Kier alpha value is -1.33. The number of halogens is 1. The molecule has 0 atom stereocenters. The summed E-state index contributed by atoms with van der Waals surface area (Å²) in [7, 11) is 0. The van der Waals surface area contributed by atoms with E-state index in [0.29, 0.717) is 0 Å². The number of amides is 2. The van der Waals surface area contributed by atoms with Crippen LogP contribution < -0.4 is 10.6 Å². The van der Waals surface area contributed by atoms with Gasteiger partial charge in [-0.15, -0.1) is 0 Å². The standard InChI is InChI=1S/C11H21FN2O3/c1-10(2,3)17-9(16)13-6-8(15)14-7-11(4,5)12/h6-7H2,1-5H3,(H,13,16)(H,14,15). The number of carbonyl (C=O) groups is 2. The maximum absolute atomic E-state index is 13.0. The van der Waals surface area contributed by atoms with Crippen molar-refractivity contribution in [3.8, 4) is 0 Å². The van der Waals surface area contributed by atoms with Crippen LogP contribution in [0.15, 0.2) is 0 Å². The topological polar surface area (TPSA) is 67.4 Å². The number of nitrogens with one attached hydrogen (secondary N) is 2. The average Bonchev–Trinajstić information content (AvgIpc) is 2.07. The molecule has 2 N–H and O–H groups in total. The molecule has 0 bridgehead atoms. The van der Waals surface area contributed by atoms with Crippen molar-refractivity contribution in [3.63, 3.8) is 0 Å². The molecule has 0 radical (unpaired) electrons. The molecule has 0 aliphatic carbocycles. The number of alkyl carbamates (subject to hydrolysis) is 1. The third-order valence-electron chi connectivity index (χ3n) is 1.50. The van der Waals surface area contributed by atoms with E-state index < -0.39 is 23.3 Å². The number of rotatable bonds is 4. The smallest absolute Gasteiger partial charge is 0.408 e. The molecule has 0 saturated heterocycles. The quantitative estimate of drug-likeness (QED) is 0.789.